The van der Waals surface area contributed by atoms with Crippen LogP contribution in [0.1, 0.15) is 30.0 Å². The average Bonchev–Trinajstić information content (AvgIpc) is 3.43. The molecule has 4 rings (SSSR count). The second-order valence-corrected chi connectivity index (χ2v) is 10.1. The van der Waals surface area contributed by atoms with Gasteiger partial charge in [-0.25, -0.2) is 0 Å². The Hall–Kier alpha value is -2.07. The molecule has 3 aromatic carbocycles. The first-order valence-corrected chi connectivity index (χ1v) is 11.8. The monoisotopic (exact) mass is 455 g/mol. The van der Waals surface area contributed by atoms with E-state index in [-0.39, 0.29) is 6.04 Å². The maximum absolute atomic E-state index is 14.0. The van der Waals surface area contributed by atoms with E-state index in [9.17, 15) is 4.21 Å². The molecule has 0 aromatic heterocycles. The van der Waals surface area contributed by atoms with Gasteiger partial charge in [0.1, 0.15) is 4.87 Å². The Bertz CT molecular complexity index is 1010. The zero-order valence-electron chi connectivity index (χ0n) is 16.7. The van der Waals surface area contributed by atoms with Gasteiger partial charge in [0.15, 0.2) is 0 Å². The fraction of sp³-hybridized carbons (Fsp3) is 0.200. The van der Waals surface area contributed by atoms with Gasteiger partial charge in [0.2, 0.25) is 0 Å². The van der Waals surface area contributed by atoms with E-state index in [0.29, 0.717) is 10.0 Å². The summed E-state index contributed by atoms with van der Waals surface area (Å²) in [6, 6.07) is 23.5. The molecule has 1 aliphatic heterocycles. The first-order valence-electron chi connectivity index (χ1n) is 9.87. The van der Waals surface area contributed by atoms with Crippen molar-refractivity contribution in [1.82, 2.24) is 0 Å². The first-order chi connectivity index (χ1) is 14.5. The van der Waals surface area contributed by atoms with Crippen molar-refractivity contribution >= 4 is 39.7 Å². The van der Waals surface area contributed by atoms with E-state index in [0.717, 1.165) is 34.6 Å². The van der Waals surface area contributed by atoms with Crippen LogP contribution in [-0.2, 0) is 10.8 Å². The minimum Gasteiger partial charge on any atom is -0.342 e. The van der Waals surface area contributed by atoms with Crippen LogP contribution < -0.4 is 4.90 Å². The van der Waals surface area contributed by atoms with Gasteiger partial charge < -0.3 is 4.90 Å². The molecular weight excluding hydrogens is 433 g/mol. The van der Waals surface area contributed by atoms with E-state index < -0.39 is 15.7 Å². The normalized spacial score (nSPS) is 21.3. The molecule has 1 aliphatic rings. The van der Waals surface area contributed by atoms with Crippen LogP contribution >= 0.6 is 23.2 Å². The van der Waals surface area contributed by atoms with E-state index in [1.54, 1.807) is 0 Å². The largest absolute Gasteiger partial charge is 0.342 e. The van der Waals surface area contributed by atoms with Crippen LogP contribution in [0.3, 0.4) is 0 Å². The molecule has 0 radical (unpaired) electrons. The summed E-state index contributed by atoms with van der Waals surface area (Å²) >= 11 is 12.3. The molecule has 1 fully saturated rings. The molecule has 5 heteroatoms. The third kappa shape index (κ3) is 3.82. The fourth-order valence-electron chi connectivity index (χ4n) is 4.05. The number of allylic oxidation sites excluding steroid dienone is 1. The number of rotatable bonds is 7. The number of halogens is 2. The van der Waals surface area contributed by atoms with Crippen LogP contribution in [0.4, 0.5) is 5.69 Å². The maximum Gasteiger partial charge on any atom is 0.146 e. The Labute approximate surface area is 190 Å². The van der Waals surface area contributed by atoms with Crippen molar-refractivity contribution in [2.75, 3.05) is 4.90 Å². The number of hydrogen-bond donors (Lipinski definition) is 0. The molecule has 3 atom stereocenters. The highest BCUT2D eigenvalue weighted by Crippen LogP contribution is 2.61. The molecule has 1 heterocycles. The second kappa shape index (κ2) is 8.58. The van der Waals surface area contributed by atoms with E-state index >= 15 is 0 Å². The number of hydrogen-bond acceptors (Lipinski definition) is 2. The smallest absolute Gasteiger partial charge is 0.146 e. The van der Waals surface area contributed by atoms with Crippen molar-refractivity contribution in [3.05, 3.63) is 107 Å². The molecule has 2 nitrogen and oxygen atoms in total. The Morgan fingerprint density at radius 2 is 1.53 bits per heavy atom. The lowest BCUT2D eigenvalue weighted by atomic mass is 10.1. The maximum atomic E-state index is 14.0. The van der Waals surface area contributed by atoms with Gasteiger partial charge in [-0.15, -0.1) is 6.58 Å². The first kappa shape index (κ1) is 21.2. The third-order valence-corrected chi connectivity index (χ3v) is 8.05. The number of benzene rings is 3. The quantitative estimate of drug-likeness (QED) is 0.274. The minimum atomic E-state index is -1.25. The molecule has 154 valence electrons. The highest BCUT2D eigenvalue weighted by molar-refractivity contribution is 7.87. The lowest BCUT2D eigenvalue weighted by Gasteiger charge is -2.18. The highest BCUT2D eigenvalue weighted by Gasteiger charge is 2.67. The van der Waals surface area contributed by atoms with Crippen molar-refractivity contribution in [3.8, 4) is 0 Å². The average molecular weight is 456 g/mol. The Balaban J connectivity index is 1.83. The van der Waals surface area contributed by atoms with Crippen molar-refractivity contribution in [3.63, 3.8) is 0 Å². The number of aryl methyl sites for hydroxylation is 1. The van der Waals surface area contributed by atoms with Gasteiger partial charge in [0.05, 0.1) is 16.8 Å². The number of nitrogens with zero attached hydrogens (tertiary/aromatic N) is 1. The van der Waals surface area contributed by atoms with Gasteiger partial charge in [-0.3, -0.25) is 4.21 Å². The predicted molar refractivity (Wildman–Crippen MR) is 128 cm³/mol. The van der Waals surface area contributed by atoms with Gasteiger partial charge in [-0.05, 0) is 73.9 Å². The summed E-state index contributed by atoms with van der Waals surface area (Å²) in [5, 5.41) is 1.37. The topological polar surface area (TPSA) is 20.1 Å². The van der Waals surface area contributed by atoms with E-state index in [2.05, 4.69) is 11.5 Å². The summed E-state index contributed by atoms with van der Waals surface area (Å²) in [6.07, 6.45) is 3.39. The molecule has 1 saturated heterocycles. The Kier molecular flexibility index (Phi) is 6.06. The van der Waals surface area contributed by atoms with Gasteiger partial charge in [0, 0.05) is 20.6 Å². The lowest BCUT2D eigenvalue weighted by Crippen LogP contribution is -2.25. The molecular formula is C25H23Cl2NOS. The van der Waals surface area contributed by atoms with Crippen molar-refractivity contribution in [1.29, 1.82) is 0 Å². The second-order valence-electron chi connectivity index (χ2n) is 7.55. The molecule has 1 unspecified atom stereocenters. The van der Waals surface area contributed by atoms with Gasteiger partial charge >= 0.3 is 0 Å². The summed E-state index contributed by atoms with van der Waals surface area (Å²) in [6.45, 7) is 5.94. The molecule has 0 N–H and O–H groups in total. The van der Waals surface area contributed by atoms with Crippen molar-refractivity contribution in [2.24, 2.45) is 0 Å². The van der Waals surface area contributed by atoms with Gasteiger partial charge in [-0.2, -0.15) is 0 Å². The van der Waals surface area contributed by atoms with Gasteiger partial charge in [0.25, 0.3) is 0 Å². The molecule has 0 aliphatic carbocycles. The van der Waals surface area contributed by atoms with Crippen LogP contribution in [0.25, 0.3) is 0 Å². The molecule has 3 aromatic rings. The van der Waals surface area contributed by atoms with E-state index in [1.165, 1.54) is 0 Å². The summed E-state index contributed by atoms with van der Waals surface area (Å²) in [7, 11) is -1.25. The zero-order valence-corrected chi connectivity index (χ0v) is 19.1. The summed E-state index contributed by atoms with van der Waals surface area (Å²) < 4.78 is 14.0. The van der Waals surface area contributed by atoms with Crippen LogP contribution in [-0.4, -0.2) is 9.08 Å². The van der Waals surface area contributed by atoms with Crippen LogP contribution in [0.5, 0.6) is 0 Å². The van der Waals surface area contributed by atoms with Crippen LogP contribution in [0.15, 0.2) is 90.3 Å². The third-order valence-electron chi connectivity index (χ3n) is 5.58. The highest BCUT2D eigenvalue weighted by atomic mass is 35.5. The molecule has 0 spiro atoms. The molecule has 0 saturated carbocycles. The van der Waals surface area contributed by atoms with Crippen molar-refractivity contribution in [2.45, 2.75) is 35.6 Å². The number of anilines is 1. The molecule has 0 amide bonds. The molecule has 30 heavy (non-hydrogen) atoms. The fourth-order valence-corrected chi connectivity index (χ4v) is 6.18. The van der Waals surface area contributed by atoms with Gasteiger partial charge in [-0.1, -0.05) is 59.1 Å². The zero-order chi connectivity index (χ0) is 21.3. The SMILES string of the molecule is C=CCC[C@@]1(S(=O)c2ccc(C)cc2)[C@@H](c2ccc(Cl)cc2)N1c1ccc(Cl)cc1. The summed E-state index contributed by atoms with van der Waals surface area (Å²) in [4.78, 5) is 2.53. The summed E-state index contributed by atoms with van der Waals surface area (Å²) in [5.74, 6) is 0. The Morgan fingerprint density at radius 3 is 2.10 bits per heavy atom. The van der Waals surface area contributed by atoms with E-state index in [1.807, 2.05) is 85.8 Å². The molecule has 0 bridgehead atoms. The summed E-state index contributed by atoms with van der Waals surface area (Å²) in [5.41, 5.74) is 3.25. The Morgan fingerprint density at radius 1 is 0.967 bits per heavy atom. The van der Waals surface area contributed by atoms with Crippen molar-refractivity contribution < 1.29 is 4.21 Å². The van der Waals surface area contributed by atoms with E-state index in [4.69, 9.17) is 23.2 Å². The minimum absolute atomic E-state index is 0.0296. The van der Waals surface area contributed by atoms with Crippen LogP contribution in [0.2, 0.25) is 10.0 Å². The predicted octanol–water partition coefficient (Wildman–Crippen LogP) is 7.33. The van der Waals surface area contributed by atoms with Crippen LogP contribution in [0, 0.1) is 6.92 Å². The lowest BCUT2D eigenvalue weighted by molar-refractivity contribution is 0.650. The standard InChI is InChI=1S/C25H23Cl2NOS/c1-3-4-17-25(30(29)23-15-5-18(2)6-16-23)24(19-7-9-20(26)10-8-19)28(25)22-13-11-21(27)12-14-22/h3,5-16,24H,1,4,17H2,2H3/t24-,25-,28?,30?/m1/s1.